The fraction of sp³-hybridized carbons (Fsp3) is 0.143. The largest absolute Gasteiger partial charge is 0.433 e. The minimum absolute atomic E-state index is 0.000530. The molecule has 1 N–H and O–H groups in total. The van der Waals surface area contributed by atoms with Crippen molar-refractivity contribution < 1.29 is 13.2 Å². The molecule has 0 saturated heterocycles. The van der Waals surface area contributed by atoms with Crippen LogP contribution in [-0.4, -0.2) is 4.98 Å². The second-order valence-electron chi connectivity index (χ2n) is 4.31. The molecule has 21 heavy (non-hydrogen) atoms. The molecule has 0 radical (unpaired) electrons. The van der Waals surface area contributed by atoms with E-state index in [1.54, 1.807) is 24.3 Å². The van der Waals surface area contributed by atoms with Gasteiger partial charge < -0.3 is 5.32 Å². The molecule has 1 aromatic heterocycles. The van der Waals surface area contributed by atoms with Gasteiger partial charge in [0, 0.05) is 0 Å². The number of anilines is 2. The fourth-order valence-corrected chi connectivity index (χ4v) is 1.83. The molecule has 1 heterocycles. The van der Waals surface area contributed by atoms with E-state index in [2.05, 4.69) is 10.3 Å². The molecular weight excluding hydrogens is 303 g/mol. The van der Waals surface area contributed by atoms with Gasteiger partial charge in [-0.15, -0.1) is 0 Å². The topological polar surface area (TPSA) is 48.7 Å². The van der Waals surface area contributed by atoms with Crippen LogP contribution in [0.2, 0.25) is 5.02 Å². The van der Waals surface area contributed by atoms with E-state index in [-0.39, 0.29) is 11.4 Å². The van der Waals surface area contributed by atoms with Crippen LogP contribution < -0.4 is 5.32 Å². The minimum atomic E-state index is -4.58. The molecule has 108 valence electrons. The second-order valence-corrected chi connectivity index (χ2v) is 4.72. The van der Waals surface area contributed by atoms with Crippen molar-refractivity contribution in [1.29, 1.82) is 5.26 Å². The van der Waals surface area contributed by atoms with Crippen LogP contribution in [0.25, 0.3) is 0 Å². The highest BCUT2D eigenvalue weighted by molar-refractivity contribution is 6.33. The predicted molar refractivity (Wildman–Crippen MR) is 73.4 cm³/mol. The van der Waals surface area contributed by atoms with E-state index in [0.717, 1.165) is 17.7 Å². The maximum Gasteiger partial charge on any atom is 0.433 e. The van der Waals surface area contributed by atoms with Crippen LogP contribution in [0.4, 0.5) is 24.7 Å². The van der Waals surface area contributed by atoms with Crippen LogP contribution >= 0.6 is 11.6 Å². The number of hydrogen-bond acceptors (Lipinski definition) is 3. The van der Waals surface area contributed by atoms with Crippen LogP contribution in [0.5, 0.6) is 0 Å². The third-order valence-corrected chi connectivity index (χ3v) is 3.01. The molecule has 0 aliphatic carbocycles. The van der Waals surface area contributed by atoms with Crippen molar-refractivity contribution in [2.75, 3.05) is 5.32 Å². The summed E-state index contributed by atoms with van der Waals surface area (Å²) in [7, 11) is 0. The van der Waals surface area contributed by atoms with Crippen molar-refractivity contribution in [3.8, 4) is 6.07 Å². The van der Waals surface area contributed by atoms with Gasteiger partial charge in [-0.2, -0.15) is 18.4 Å². The molecule has 0 aliphatic rings. The zero-order valence-electron chi connectivity index (χ0n) is 10.8. The Morgan fingerprint density at radius 3 is 2.57 bits per heavy atom. The first-order valence-electron chi connectivity index (χ1n) is 5.83. The van der Waals surface area contributed by atoms with E-state index >= 15 is 0 Å². The predicted octanol–water partition coefficient (Wildman–Crippen LogP) is 4.68. The maximum absolute atomic E-state index is 12.7. The molecule has 0 atom stereocenters. The average Bonchev–Trinajstić information content (AvgIpc) is 2.42. The summed E-state index contributed by atoms with van der Waals surface area (Å²) >= 11 is 5.98. The summed E-state index contributed by atoms with van der Waals surface area (Å²) in [5.41, 5.74) is 0.181. The number of halogens is 4. The van der Waals surface area contributed by atoms with Crippen LogP contribution in [0, 0.1) is 18.3 Å². The third-order valence-electron chi connectivity index (χ3n) is 2.68. The Balaban J connectivity index is 2.47. The van der Waals surface area contributed by atoms with Gasteiger partial charge in [0.25, 0.3) is 0 Å². The molecule has 0 saturated carbocycles. The lowest BCUT2D eigenvalue weighted by Gasteiger charge is -2.12. The number of nitrogens with one attached hydrogen (secondary N) is 1. The van der Waals surface area contributed by atoms with Crippen LogP contribution in [0.3, 0.4) is 0 Å². The Bertz CT molecular complexity index is 720. The van der Waals surface area contributed by atoms with Gasteiger partial charge in [-0.05, 0) is 36.8 Å². The molecule has 0 spiro atoms. The van der Waals surface area contributed by atoms with E-state index in [4.69, 9.17) is 16.9 Å². The smallest absolute Gasteiger partial charge is 0.338 e. The van der Waals surface area contributed by atoms with Gasteiger partial charge in [-0.25, -0.2) is 4.98 Å². The van der Waals surface area contributed by atoms with E-state index in [1.165, 1.54) is 0 Å². The highest BCUT2D eigenvalue weighted by Gasteiger charge is 2.33. The quantitative estimate of drug-likeness (QED) is 0.876. The SMILES string of the molecule is Cc1ccc(Cl)c(Nc2nc(C(F)(F)F)ccc2C#N)c1. The Hall–Kier alpha value is -2.26. The molecule has 2 aromatic rings. The van der Waals surface area contributed by atoms with Gasteiger partial charge in [0.1, 0.15) is 17.6 Å². The van der Waals surface area contributed by atoms with Gasteiger partial charge in [0.05, 0.1) is 16.3 Å². The molecule has 0 bridgehead atoms. The van der Waals surface area contributed by atoms with Gasteiger partial charge in [-0.3, -0.25) is 0 Å². The first-order valence-corrected chi connectivity index (χ1v) is 6.20. The summed E-state index contributed by atoms with van der Waals surface area (Å²) in [6, 6.07) is 8.66. The average molecular weight is 312 g/mol. The zero-order valence-corrected chi connectivity index (χ0v) is 11.5. The lowest BCUT2D eigenvalue weighted by Crippen LogP contribution is -2.10. The van der Waals surface area contributed by atoms with Gasteiger partial charge in [-0.1, -0.05) is 17.7 Å². The van der Waals surface area contributed by atoms with Crippen LogP contribution in [0.1, 0.15) is 16.8 Å². The molecule has 0 unspecified atom stereocenters. The fourth-order valence-electron chi connectivity index (χ4n) is 1.66. The van der Waals surface area contributed by atoms with Crippen molar-refractivity contribution in [3.63, 3.8) is 0 Å². The van der Waals surface area contributed by atoms with Crippen molar-refractivity contribution in [2.45, 2.75) is 13.1 Å². The van der Waals surface area contributed by atoms with Crippen LogP contribution in [0.15, 0.2) is 30.3 Å². The van der Waals surface area contributed by atoms with E-state index in [1.807, 2.05) is 6.92 Å². The minimum Gasteiger partial charge on any atom is -0.338 e. The highest BCUT2D eigenvalue weighted by Crippen LogP contribution is 2.31. The van der Waals surface area contributed by atoms with Crippen molar-refractivity contribution in [1.82, 2.24) is 4.98 Å². The number of pyridine rings is 1. The number of alkyl halides is 3. The summed E-state index contributed by atoms with van der Waals surface area (Å²) in [4.78, 5) is 3.46. The molecule has 0 amide bonds. The number of nitriles is 1. The van der Waals surface area contributed by atoms with Crippen molar-refractivity contribution in [3.05, 3.63) is 52.2 Å². The first kappa shape index (κ1) is 15.1. The second kappa shape index (κ2) is 5.62. The Kier molecular flexibility index (Phi) is 4.05. The number of aryl methyl sites for hydroxylation is 1. The zero-order chi connectivity index (χ0) is 15.6. The molecule has 0 aliphatic heterocycles. The monoisotopic (exact) mass is 311 g/mol. The molecule has 7 heteroatoms. The summed E-state index contributed by atoms with van der Waals surface area (Å²) in [6.07, 6.45) is -4.58. The lowest BCUT2D eigenvalue weighted by molar-refractivity contribution is -0.141. The van der Waals surface area contributed by atoms with E-state index < -0.39 is 11.9 Å². The molecule has 2 rings (SSSR count). The Labute approximate surface area is 124 Å². The number of nitrogens with zero attached hydrogens (tertiary/aromatic N) is 2. The van der Waals surface area contributed by atoms with Gasteiger partial charge in [0.2, 0.25) is 0 Å². The molecule has 0 fully saturated rings. The molecule has 1 aromatic carbocycles. The number of rotatable bonds is 2. The Morgan fingerprint density at radius 1 is 1.24 bits per heavy atom. The Morgan fingerprint density at radius 2 is 1.95 bits per heavy atom. The summed E-state index contributed by atoms with van der Waals surface area (Å²) in [6.45, 7) is 1.81. The third kappa shape index (κ3) is 3.44. The first-order chi connectivity index (χ1) is 9.81. The summed E-state index contributed by atoms with van der Waals surface area (Å²) in [5.74, 6) is -0.181. The highest BCUT2D eigenvalue weighted by atomic mass is 35.5. The number of hydrogen-bond donors (Lipinski definition) is 1. The normalized spacial score (nSPS) is 11.0. The van der Waals surface area contributed by atoms with Crippen molar-refractivity contribution in [2.24, 2.45) is 0 Å². The number of benzene rings is 1. The summed E-state index contributed by atoms with van der Waals surface area (Å²) < 4.78 is 38.1. The number of aromatic nitrogens is 1. The molecule has 3 nitrogen and oxygen atoms in total. The van der Waals surface area contributed by atoms with Gasteiger partial charge in [0.15, 0.2) is 0 Å². The maximum atomic E-state index is 12.7. The summed E-state index contributed by atoms with van der Waals surface area (Å²) in [5, 5.41) is 12.0. The van der Waals surface area contributed by atoms with E-state index in [9.17, 15) is 13.2 Å². The van der Waals surface area contributed by atoms with E-state index in [0.29, 0.717) is 10.7 Å². The standard InChI is InChI=1S/C14H9ClF3N3/c1-8-2-4-10(15)11(6-8)20-13-9(7-19)3-5-12(21-13)14(16,17)18/h2-6H,1H3,(H,20,21). The lowest BCUT2D eigenvalue weighted by atomic mass is 10.2. The van der Waals surface area contributed by atoms with Crippen LogP contribution in [-0.2, 0) is 6.18 Å². The molecular formula is C14H9ClF3N3. The van der Waals surface area contributed by atoms with Gasteiger partial charge >= 0.3 is 6.18 Å². The van der Waals surface area contributed by atoms with Crippen molar-refractivity contribution >= 4 is 23.1 Å².